The van der Waals surface area contributed by atoms with Gasteiger partial charge in [-0.05, 0) is 79.8 Å². The minimum Gasteiger partial charge on any atom is -0.382 e. The van der Waals surface area contributed by atoms with Crippen LogP contribution in [0.4, 0.5) is 5.82 Å². The maximum absolute atomic E-state index is 14.5. The van der Waals surface area contributed by atoms with Gasteiger partial charge in [0.15, 0.2) is 23.2 Å². The second-order valence-electron chi connectivity index (χ2n) is 15.4. The number of imidazole rings is 1. The van der Waals surface area contributed by atoms with Crippen molar-refractivity contribution in [3.05, 3.63) is 17.2 Å². The Balaban J connectivity index is 1.39. The van der Waals surface area contributed by atoms with E-state index >= 15 is 0 Å². The van der Waals surface area contributed by atoms with E-state index in [0.29, 0.717) is 30.4 Å². The molecule has 5 atom stereocenters. The molecule has 1 saturated carbocycles. The third-order valence-corrected chi connectivity index (χ3v) is 13.8. The summed E-state index contributed by atoms with van der Waals surface area (Å²) in [6.07, 6.45) is 3.25. The summed E-state index contributed by atoms with van der Waals surface area (Å²) in [5.41, 5.74) is -0.718. The molecule has 2 aliphatic heterocycles. The molecular weight excluding hydrogens is 728 g/mol. The maximum atomic E-state index is 14.5. The molecule has 290 valence electrons. The molecule has 0 aromatic carbocycles. The SMILES string of the molecule is COCCOCCOP(=O)(CP(=O)(OC(C)(C)C)OC(C)(C)C)OC[C@H]1O[C@@H](c2cnc3c(NC4CCCC4)nc(Cl)nn23)C2OC(C)(C)OC21. The van der Waals surface area contributed by atoms with Crippen LogP contribution >= 0.6 is 26.8 Å². The van der Waals surface area contributed by atoms with Gasteiger partial charge in [0.25, 0.3) is 0 Å². The van der Waals surface area contributed by atoms with Crippen LogP contribution in [0.15, 0.2) is 6.20 Å². The van der Waals surface area contributed by atoms with Gasteiger partial charge in [-0.2, -0.15) is 4.98 Å². The van der Waals surface area contributed by atoms with Crippen molar-refractivity contribution in [2.24, 2.45) is 0 Å². The van der Waals surface area contributed by atoms with E-state index in [-0.39, 0.29) is 31.1 Å². The molecule has 0 radical (unpaired) electrons. The van der Waals surface area contributed by atoms with Crippen LogP contribution in [0.1, 0.15) is 92.9 Å². The van der Waals surface area contributed by atoms with E-state index in [4.69, 9.17) is 53.4 Å². The quantitative estimate of drug-likeness (QED) is 0.132. The van der Waals surface area contributed by atoms with Crippen LogP contribution in [-0.4, -0.2) is 107 Å². The number of ether oxygens (including phenoxy) is 5. The largest absolute Gasteiger partial charge is 0.382 e. The van der Waals surface area contributed by atoms with Gasteiger partial charge in [-0.25, -0.2) is 9.50 Å². The van der Waals surface area contributed by atoms with Gasteiger partial charge in [-0.15, -0.1) is 5.10 Å². The van der Waals surface area contributed by atoms with Gasteiger partial charge in [0.05, 0.1) is 56.1 Å². The van der Waals surface area contributed by atoms with Crippen LogP contribution in [0.5, 0.6) is 0 Å². The zero-order valence-corrected chi connectivity index (χ0v) is 33.6. The molecular formula is C32H54ClN5O11P2. The number of aromatic nitrogens is 4. The molecule has 3 unspecified atom stereocenters. The normalized spacial score (nSPS) is 25.5. The van der Waals surface area contributed by atoms with Crippen LogP contribution < -0.4 is 5.32 Å². The van der Waals surface area contributed by atoms with Crippen molar-refractivity contribution in [3.8, 4) is 0 Å². The molecule has 19 heteroatoms. The van der Waals surface area contributed by atoms with Crippen LogP contribution in [0.2, 0.25) is 5.28 Å². The van der Waals surface area contributed by atoms with E-state index in [9.17, 15) is 9.13 Å². The molecule has 2 aromatic heterocycles. The molecule has 3 fully saturated rings. The molecule has 0 amide bonds. The fourth-order valence-electron chi connectivity index (χ4n) is 6.39. The summed E-state index contributed by atoms with van der Waals surface area (Å²) < 4.78 is 83.9. The summed E-state index contributed by atoms with van der Waals surface area (Å²) in [7, 11) is -6.71. The predicted molar refractivity (Wildman–Crippen MR) is 189 cm³/mol. The monoisotopic (exact) mass is 781 g/mol. The first-order valence-electron chi connectivity index (χ1n) is 17.4. The Bertz CT molecular complexity index is 1560. The number of hydrogen-bond donors (Lipinski definition) is 1. The highest BCUT2D eigenvalue weighted by molar-refractivity contribution is 7.71. The molecule has 0 spiro atoms. The predicted octanol–water partition coefficient (Wildman–Crippen LogP) is 6.76. The molecule has 1 N–H and O–H groups in total. The number of nitrogens with one attached hydrogen (secondary N) is 1. The number of halogens is 1. The second-order valence-corrected chi connectivity index (χ2v) is 20.2. The lowest BCUT2D eigenvalue weighted by Crippen LogP contribution is -2.33. The zero-order chi connectivity index (χ0) is 37.2. The van der Waals surface area contributed by atoms with E-state index in [1.807, 2.05) is 0 Å². The lowest BCUT2D eigenvalue weighted by atomic mass is 10.1. The van der Waals surface area contributed by atoms with Crippen molar-refractivity contribution in [3.63, 3.8) is 0 Å². The van der Waals surface area contributed by atoms with Crippen molar-refractivity contribution in [1.82, 2.24) is 19.6 Å². The Kier molecular flexibility index (Phi) is 13.0. The highest BCUT2D eigenvalue weighted by Crippen LogP contribution is 2.66. The number of nitrogens with zero attached hydrogens (tertiary/aromatic N) is 4. The number of anilines is 1. The van der Waals surface area contributed by atoms with Gasteiger partial charge >= 0.3 is 15.2 Å². The van der Waals surface area contributed by atoms with Crippen molar-refractivity contribution >= 4 is 38.3 Å². The summed E-state index contributed by atoms with van der Waals surface area (Å²) in [5.74, 6) is -1.07. The average molecular weight is 782 g/mol. The van der Waals surface area contributed by atoms with Gasteiger partial charge in [0, 0.05) is 13.2 Å². The second kappa shape index (κ2) is 16.2. The third kappa shape index (κ3) is 11.1. The first-order chi connectivity index (χ1) is 23.8. The van der Waals surface area contributed by atoms with Crippen LogP contribution in [0.25, 0.3) is 5.65 Å². The fraction of sp³-hybridized carbons (Fsp3) is 0.844. The molecule has 3 aliphatic rings. The first kappa shape index (κ1) is 40.9. The molecule has 2 saturated heterocycles. The van der Waals surface area contributed by atoms with Gasteiger partial charge in [0.1, 0.15) is 24.4 Å². The van der Waals surface area contributed by atoms with Gasteiger partial charge in [-0.1, -0.05) is 12.8 Å². The van der Waals surface area contributed by atoms with E-state index in [2.05, 4.69) is 20.4 Å². The molecule has 16 nitrogen and oxygen atoms in total. The van der Waals surface area contributed by atoms with E-state index in [1.165, 1.54) is 0 Å². The molecule has 1 aliphatic carbocycles. The average Bonchev–Trinajstić information content (AvgIpc) is 3.76. The lowest BCUT2D eigenvalue weighted by Gasteiger charge is -2.33. The highest BCUT2D eigenvalue weighted by atomic mass is 35.5. The van der Waals surface area contributed by atoms with Crippen molar-refractivity contribution in [2.75, 3.05) is 51.4 Å². The summed E-state index contributed by atoms with van der Waals surface area (Å²) in [5, 5.41) is 7.97. The van der Waals surface area contributed by atoms with Crippen molar-refractivity contribution in [1.29, 1.82) is 0 Å². The number of hydrogen-bond acceptors (Lipinski definition) is 15. The maximum Gasteiger partial charge on any atom is 0.343 e. The van der Waals surface area contributed by atoms with Gasteiger partial charge < -0.3 is 47.1 Å². The highest BCUT2D eigenvalue weighted by Gasteiger charge is 2.57. The molecule has 2 aromatic rings. The summed E-state index contributed by atoms with van der Waals surface area (Å²) >= 11 is 6.41. The Morgan fingerprint density at radius 1 is 0.961 bits per heavy atom. The van der Waals surface area contributed by atoms with E-state index < -0.39 is 62.5 Å². The van der Waals surface area contributed by atoms with Crippen LogP contribution in [-0.2, 0) is 50.9 Å². The van der Waals surface area contributed by atoms with Crippen molar-refractivity contribution in [2.45, 2.75) is 129 Å². The third-order valence-electron chi connectivity index (χ3n) is 8.06. The van der Waals surface area contributed by atoms with Crippen LogP contribution in [0, 0.1) is 0 Å². The Labute approximate surface area is 305 Å². The molecule has 51 heavy (non-hydrogen) atoms. The fourth-order valence-corrected chi connectivity index (χ4v) is 11.9. The number of fused-ring (bicyclic) bond motifs is 2. The van der Waals surface area contributed by atoms with E-state index in [0.717, 1.165) is 25.7 Å². The van der Waals surface area contributed by atoms with Gasteiger partial charge in [0.2, 0.25) is 5.28 Å². The molecule has 0 bridgehead atoms. The summed E-state index contributed by atoms with van der Waals surface area (Å²) in [6.45, 7) is 14.4. The first-order valence-corrected chi connectivity index (χ1v) is 21.3. The Morgan fingerprint density at radius 3 is 2.25 bits per heavy atom. The van der Waals surface area contributed by atoms with Crippen molar-refractivity contribution < 1.29 is 50.9 Å². The topological polar surface area (TPSA) is 172 Å². The Morgan fingerprint density at radius 2 is 1.61 bits per heavy atom. The van der Waals surface area contributed by atoms with Crippen LogP contribution in [0.3, 0.4) is 0 Å². The number of rotatable bonds is 17. The zero-order valence-electron chi connectivity index (χ0n) is 31.1. The molecule has 5 rings (SSSR count). The smallest absolute Gasteiger partial charge is 0.343 e. The summed E-state index contributed by atoms with van der Waals surface area (Å²) in [6, 6.07) is 0.272. The minimum atomic E-state index is -4.20. The van der Waals surface area contributed by atoms with E-state index in [1.54, 1.807) is 73.2 Å². The van der Waals surface area contributed by atoms with Gasteiger partial charge in [-0.3, -0.25) is 9.13 Å². The molecule has 4 heterocycles. The summed E-state index contributed by atoms with van der Waals surface area (Å²) in [4.78, 5) is 9.06. The lowest BCUT2D eigenvalue weighted by molar-refractivity contribution is -0.191. The minimum absolute atomic E-state index is 0.0456. The standard InChI is InChI=1S/C32H54ClN5O11P2/c1-30(2,3)48-51(40,49-31(4,5)6)20-50(39,43-17-16-42-15-14-41-9)44-19-23-25-26(47-32(7,8)46-25)24(45-23)22-18-34-28-27(35-21-12-10-11-13-21)36-29(33)37-38(22)28/h18,21,23-26H,10-17,19-20H2,1-9H3,(H,35,36,37)/t23-,24+,25?,26?,50?/m1/s1. The Hall–Kier alpha value is -1.26. The number of methoxy groups -OCH3 is 1.